The number of ether oxygens (including phenoxy) is 4. The third-order valence-corrected chi connectivity index (χ3v) is 8.12. The van der Waals surface area contributed by atoms with Crippen LogP contribution in [0, 0.1) is 5.92 Å². The molecule has 0 aromatic heterocycles. The lowest BCUT2D eigenvalue weighted by atomic mass is 9.89. The van der Waals surface area contributed by atoms with E-state index in [2.05, 4.69) is 0 Å². The zero-order valence-corrected chi connectivity index (χ0v) is 25.0. The van der Waals surface area contributed by atoms with Crippen LogP contribution >= 0.6 is 0 Å². The first-order chi connectivity index (χ1) is 19.0. The fraction of sp³-hybridized carbons (Fsp3) is 0.852. The van der Waals surface area contributed by atoms with Gasteiger partial charge in [-0.3, -0.25) is 28.6 Å². The fourth-order valence-electron chi connectivity index (χ4n) is 5.61. The van der Waals surface area contributed by atoms with Crippen LogP contribution in [0.15, 0.2) is 0 Å². The van der Waals surface area contributed by atoms with Crippen molar-refractivity contribution in [2.24, 2.45) is 5.92 Å². The second-order valence-corrected chi connectivity index (χ2v) is 11.7. The normalized spacial score (nSPS) is 24.8. The summed E-state index contributed by atoms with van der Waals surface area (Å²) in [5.41, 5.74) is 0. The number of esters is 4. The highest BCUT2D eigenvalue weighted by molar-refractivity contribution is 7.76. The van der Waals surface area contributed by atoms with Crippen molar-refractivity contribution in [2.45, 2.75) is 110 Å². The van der Waals surface area contributed by atoms with E-state index in [1.165, 1.54) is 47.0 Å². The molecule has 1 heterocycles. The highest BCUT2D eigenvalue weighted by Gasteiger charge is 2.49. The third-order valence-electron chi connectivity index (χ3n) is 7.34. The van der Waals surface area contributed by atoms with Gasteiger partial charge in [-0.05, 0) is 38.1 Å². The van der Waals surface area contributed by atoms with Crippen molar-refractivity contribution in [1.29, 1.82) is 0 Å². The molecule has 0 radical (unpaired) electrons. The molecule has 1 aliphatic heterocycles. The van der Waals surface area contributed by atoms with E-state index < -0.39 is 59.5 Å². The second kappa shape index (κ2) is 17.7. The summed E-state index contributed by atoms with van der Waals surface area (Å²) in [6.45, 7) is 6.77. The summed E-state index contributed by atoms with van der Waals surface area (Å²) in [7, 11) is 0. The molecule has 0 spiro atoms. The number of rotatable bonds is 15. The molecule has 13 heteroatoms. The molecule has 230 valence electrons. The van der Waals surface area contributed by atoms with Gasteiger partial charge in [-0.1, -0.05) is 32.1 Å². The number of carbonyl (C=O) groups excluding carboxylic acids is 4. The monoisotopic (exact) mass is 590 g/mol. The summed E-state index contributed by atoms with van der Waals surface area (Å²) >= 11 is -1.99. The molecular weight excluding hydrogens is 544 g/mol. The Morgan fingerprint density at radius 1 is 0.825 bits per heavy atom. The number of unbranched alkanes of at least 4 members (excludes halogenated alkanes) is 3. The van der Waals surface area contributed by atoms with Crippen LogP contribution in [-0.4, -0.2) is 99.0 Å². The zero-order chi connectivity index (χ0) is 29.7. The Labute approximate surface area is 239 Å². The Kier molecular flexibility index (Phi) is 15.1. The number of nitrogens with zero attached hydrogens (tertiary/aromatic N) is 2. The van der Waals surface area contributed by atoms with Crippen molar-refractivity contribution >= 4 is 35.1 Å². The van der Waals surface area contributed by atoms with Gasteiger partial charge in [0.15, 0.2) is 18.3 Å². The molecule has 1 aliphatic carbocycles. The molecule has 5 atom stereocenters. The predicted molar refractivity (Wildman–Crippen MR) is 146 cm³/mol. The van der Waals surface area contributed by atoms with Crippen molar-refractivity contribution in [1.82, 2.24) is 9.21 Å². The molecular formula is C27H46N2O10S. The van der Waals surface area contributed by atoms with Gasteiger partial charge < -0.3 is 18.9 Å². The van der Waals surface area contributed by atoms with Crippen LogP contribution in [0.25, 0.3) is 0 Å². The van der Waals surface area contributed by atoms with E-state index in [0.29, 0.717) is 25.6 Å². The van der Waals surface area contributed by atoms with Crippen LogP contribution in [0.2, 0.25) is 0 Å². The van der Waals surface area contributed by atoms with E-state index in [0.717, 1.165) is 38.5 Å². The number of hydrogen-bond acceptors (Lipinski definition) is 10. The van der Waals surface area contributed by atoms with Gasteiger partial charge in [-0.25, -0.2) is 8.51 Å². The maximum absolute atomic E-state index is 12.0. The molecule has 2 rings (SSSR count). The standard InChI is InChI=1S/C27H46N2O10S/c1-19(30)36-18-24-26(38-21(3)32)27(39-22(4)33)25(37-20(2)31)17-28(24)14-10-5-6-11-15-29(40(34)35)16-23-12-8-7-9-13-23/h23-27H,5-18H2,1-4H3,(H,34,35)/t24?,25-,26?,27?/m0/s1. The Morgan fingerprint density at radius 3 is 2.00 bits per heavy atom. The van der Waals surface area contributed by atoms with Crippen LogP contribution in [-0.2, 0) is 49.4 Å². The van der Waals surface area contributed by atoms with Gasteiger partial charge in [-0.15, -0.1) is 0 Å². The summed E-state index contributed by atoms with van der Waals surface area (Å²) in [6, 6.07) is -0.619. The van der Waals surface area contributed by atoms with E-state index in [4.69, 9.17) is 18.9 Å². The molecule has 40 heavy (non-hydrogen) atoms. The Morgan fingerprint density at radius 2 is 1.43 bits per heavy atom. The van der Waals surface area contributed by atoms with E-state index in [1.54, 1.807) is 4.31 Å². The van der Waals surface area contributed by atoms with Crippen molar-refractivity contribution in [3.63, 3.8) is 0 Å². The highest BCUT2D eigenvalue weighted by atomic mass is 32.2. The third kappa shape index (κ3) is 12.2. The van der Waals surface area contributed by atoms with Crippen molar-refractivity contribution in [3.05, 3.63) is 0 Å². The van der Waals surface area contributed by atoms with Crippen LogP contribution < -0.4 is 0 Å². The lowest BCUT2D eigenvalue weighted by molar-refractivity contribution is -0.207. The largest absolute Gasteiger partial charge is 0.464 e. The minimum Gasteiger partial charge on any atom is -0.464 e. The predicted octanol–water partition coefficient (Wildman–Crippen LogP) is 2.61. The Hall–Kier alpha value is -2.09. The molecule has 0 amide bonds. The summed E-state index contributed by atoms with van der Waals surface area (Å²) in [5.74, 6) is -1.84. The second-order valence-electron chi connectivity index (χ2n) is 10.7. The lowest BCUT2D eigenvalue weighted by Gasteiger charge is -2.46. The van der Waals surface area contributed by atoms with Crippen molar-refractivity contribution in [2.75, 3.05) is 32.8 Å². The summed E-state index contributed by atoms with van der Waals surface area (Å²) in [5, 5.41) is 0. The number of carbonyl (C=O) groups is 4. The summed E-state index contributed by atoms with van der Waals surface area (Å²) in [6.07, 6.45) is 6.05. The summed E-state index contributed by atoms with van der Waals surface area (Å²) < 4.78 is 45.0. The van der Waals surface area contributed by atoms with Gasteiger partial charge in [0.1, 0.15) is 6.61 Å². The number of likely N-dealkylation sites (tertiary alicyclic amines) is 1. The van der Waals surface area contributed by atoms with Crippen LogP contribution in [0.4, 0.5) is 0 Å². The van der Waals surface area contributed by atoms with Crippen LogP contribution in [0.5, 0.6) is 0 Å². The minimum absolute atomic E-state index is 0.101. The maximum atomic E-state index is 12.0. The molecule has 0 aromatic rings. The number of hydrogen-bond donors (Lipinski definition) is 1. The van der Waals surface area contributed by atoms with E-state index >= 15 is 0 Å². The topological polar surface area (TPSA) is 149 Å². The van der Waals surface area contributed by atoms with E-state index in [1.807, 2.05) is 4.90 Å². The van der Waals surface area contributed by atoms with Crippen LogP contribution in [0.3, 0.4) is 0 Å². The first kappa shape index (κ1) is 34.1. The first-order valence-corrected chi connectivity index (χ1v) is 15.3. The smallest absolute Gasteiger partial charge is 0.303 e. The molecule has 1 saturated heterocycles. The molecule has 4 unspecified atom stereocenters. The fourth-order valence-corrected chi connectivity index (χ4v) is 6.23. The Balaban J connectivity index is 2.01. The minimum atomic E-state index is -1.99. The quantitative estimate of drug-likeness (QED) is 0.130. The molecule has 1 saturated carbocycles. The van der Waals surface area contributed by atoms with E-state index in [-0.39, 0.29) is 13.2 Å². The molecule has 2 aliphatic rings. The molecule has 0 bridgehead atoms. The average molecular weight is 591 g/mol. The zero-order valence-electron chi connectivity index (χ0n) is 24.2. The molecule has 2 fully saturated rings. The molecule has 0 aromatic carbocycles. The van der Waals surface area contributed by atoms with Gasteiger partial charge >= 0.3 is 23.9 Å². The van der Waals surface area contributed by atoms with E-state index in [9.17, 15) is 27.9 Å². The maximum Gasteiger partial charge on any atom is 0.303 e. The van der Waals surface area contributed by atoms with Gasteiger partial charge in [0.25, 0.3) is 0 Å². The molecule has 12 nitrogen and oxygen atoms in total. The number of piperidine rings is 1. The Bertz CT molecular complexity index is 866. The van der Waals surface area contributed by atoms with Crippen molar-refractivity contribution < 1.29 is 46.9 Å². The van der Waals surface area contributed by atoms with Gasteiger partial charge in [0.05, 0.1) is 6.04 Å². The first-order valence-electron chi connectivity index (χ1n) is 14.2. The van der Waals surface area contributed by atoms with Crippen molar-refractivity contribution in [3.8, 4) is 0 Å². The lowest BCUT2D eigenvalue weighted by Crippen LogP contribution is -2.65. The average Bonchev–Trinajstić information content (AvgIpc) is 2.86. The van der Waals surface area contributed by atoms with Gasteiger partial charge in [-0.2, -0.15) is 0 Å². The highest BCUT2D eigenvalue weighted by Crippen LogP contribution is 2.28. The van der Waals surface area contributed by atoms with Crippen LogP contribution in [0.1, 0.15) is 85.5 Å². The molecule has 1 N–H and O–H groups in total. The summed E-state index contributed by atoms with van der Waals surface area (Å²) in [4.78, 5) is 49.2. The van der Waals surface area contributed by atoms with Gasteiger partial charge in [0, 0.05) is 47.3 Å². The van der Waals surface area contributed by atoms with Gasteiger partial charge in [0.2, 0.25) is 11.3 Å². The SMILES string of the molecule is CC(=O)OCC1C(OC(C)=O)C(OC(C)=O)[C@@H](OC(C)=O)CN1CCCCCCN(CC1CCCCC1)S(=O)O.